The lowest BCUT2D eigenvalue weighted by molar-refractivity contribution is -0.138. The highest BCUT2D eigenvalue weighted by atomic mass is 16.5. The van der Waals surface area contributed by atoms with Crippen LogP contribution in [0.1, 0.15) is 31.9 Å². The molecule has 1 aromatic carbocycles. The van der Waals surface area contributed by atoms with Crippen molar-refractivity contribution in [1.82, 2.24) is 5.32 Å². The Morgan fingerprint density at radius 1 is 1.26 bits per heavy atom. The van der Waals surface area contributed by atoms with Gasteiger partial charge < -0.3 is 15.2 Å². The first kappa shape index (κ1) is 15.2. The number of carbonyl (C=O) groups is 2. The van der Waals surface area contributed by atoms with Gasteiger partial charge in [0, 0.05) is 0 Å². The number of benzene rings is 1. The molecular formula is C14H19NO4. The first-order valence-electron chi connectivity index (χ1n) is 6.16. The van der Waals surface area contributed by atoms with E-state index in [0.717, 1.165) is 5.56 Å². The van der Waals surface area contributed by atoms with Crippen LogP contribution in [0.3, 0.4) is 0 Å². The number of hydrogen-bond acceptors (Lipinski definition) is 3. The van der Waals surface area contributed by atoms with Gasteiger partial charge in [0.15, 0.2) is 0 Å². The van der Waals surface area contributed by atoms with E-state index in [0.29, 0.717) is 0 Å². The summed E-state index contributed by atoms with van der Waals surface area (Å²) in [6.45, 7) is 3.60. The molecule has 0 radical (unpaired) electrons. The van der Waals surface area contributed by atoms with Crippen molar-refractivity contribution in [1.29, 1.82) is 0 Å². The summed E-state index contributed by atoms with van der Waals surface area (Å²) in [5.41, 5.74) is 0.766. The number of carbonyl (C=O) groups excluding carboxylic acids is 1. The Labute approximate surface area is 112 Å². The number of nitrogens with one attached hydrogen (secondary N) is 1. The number of amides is 1. The summed E-state index contributed by atoms with van der Waals surface area (Å²) in [5.74, 6) is -1.28. The van der Waals surface area contributed by atoms with Crippen LogP contribution >= 0.6 is 0 Å². The number of ether oxygens (including phenoxy) is 1. The van der Waals surface area contributed by atoms with Crippen LogP contribution in [0.5, 0.6) is 0 Å². The minimum Gasteiger partial charge on any atom is -0.481 e. The second kappa shape index (κ2) is 7.53. The zero-order valence-corrected chi connectivity index (χ0v) is 11.1. The van der Waals surface area contributed by atoms with E-state index in [1.54, 1.807) is 24.3 Å². The van der Waals surface area contributed by atoms with Crippen molar-refractivity contribution in [2.45, 2.75) is 32.4 Å². The molecule has 0 spiro atoms. The van der Waals surface area contributed by atoms with Crippen molar-refractivity contribution in [2.75, 3.05) is 6.61 Å². The third kappa shape index (κ3) is 6.01. The smallest absolute Gasteiger partial charge is 0.305 e. The van der Waals surface area contributed by atoms with Crippen LogP contribution in [-0.4, -0.2) is 29.7 Å². The number of hydrogen-bond donors (Lipinski definition) is 2. The van der Waals surface area contributed by atoms with E-state index in [4.69, 9.17) is 9.84 Å². The first-order valence-corrected chi connectivity index (χ1v) is 6.16. The average molecular weight is 265 g/mol. The zero-order valence-electron chi connectivity index (χ0n) is 11.1. The first-order chi connectivity index (χ1) is 8.99. The van der Waals surface area contributed by atoms with Gasteiger partial charge in [-0.2, -0.15) is 0 Å². The Hall–Kier alpha value is -1.88. The lowest BCUT2D eigenvalue weighted by Gasteiger charge is -2.18. The van der Waals surface area contributed by atoms with Crippen LogP contribution in [0.4, 0.5) is 0 Å². The molecule has 0 aromatic heterocycles. The molecule has 0 saturated heterocycles. The summed E-state index contributed by atoms with van der Waals surface area (Å²) in [7, 11) is 0. The van der Waals surface area contributed by atoms with Gasteiger partial charge in [-0.25, -0.2) is 0 Å². The van der Waals surface area contributed by atoms with Crippen molar-refractivity contribution in [3.05, 3.63) is 35.9 Å². The minimum atomic E-state index is -0.959. The van der Waals surface area contributed by atoms with Crippen LogP contribution < -0.4 is 5.32 Å². The summed E-state index contributed by atoms with van der Waals surface area (Å²) in [6.07, 6.45) is -0.197. The summed E-state index contributed by atoms with van der Waals surface area (Å²) >= 11 is 0. The molecule has 5 heteroatoms. The van der Waals surface area contributed by atoms with E-state index in [1.807, 2.05) is 19.9 Å². The van der Waals surface area contributed by atoms with Gasteiger partial charge in [-0.05, 0) is 19.4 Å². The standard InChI is InChI=1S/C14H19NO4/c1-10(2)19-9-13(16)15-12(8-14(17)18)11-6-4-3-5-7-11/h3-7,10,12H,8-9H2,1-2H3,(H,15,16)(H,17,18). The molecule has 1 aromatic rings. The monoisotopic (exact) mass is 265 g/mol. The highest BCUT2D eigenvalue weighted by Crippen LogP contribution is 2.16. The third-order valence-corrected chi connectivity index (χ3v) is 2.46. The molecule has 0 aliphatic rings. The minimum absolute atomic E-state index is 0.0413. The van der Waals surface area contributed by atoms with Crippen molar-refractivity contribution in [2.24, 2.45) is 0 Å². The van der Waals surface area contributed by atoms with Gasteiger partial charge in [0.2, 0.25) is 5.91 Å². The van der Waals surface area contributed by atoms with Crippen molar-refractivity contribution in [3.63, 3.8) is 0 Å². The Morgan fingerprint density at radius 2 is 1.89 bits per heavy atom. The lowest BCUT2D eigenvalue weighted by atomic mass is 10.0. The Morgan fingerprint density at radius 3 is 2.42 bits per heavy atom. The molecule has 1 amide bonds. The van der Waals surface area contributed by atoms with Crippen LogP contribution in [0.2, 0.25) is 0 Å². The largest absolute Gasteiger partial charge is 0.481 e. The number of rotatable bonds is 7. The van der Waals surface area contributed by atoms with E-state index in [1.165, 1.54) is 0 Å². The topological polar surface area (TPSA) is 75.6 Å². The van der Waals surface area contributed by atoms with Gasteiger partial charge in [0.1, 0.15) is 6.61 Å². The second-order valence-electron chi connectivity index (χ2n) is 4.49. The maximum atomic E-state index is 11.7. The highest BCUT2D eigenvalue weighted by Gasteiger charge is 2.17. The van der Waals surface area contributed by atoms with Crippen molar-refractivity contribution in [3.8, 4) is 0 Å². The number of carboxylic acid groups (broad SMARTS) is 1. The highest BCUT2D eigenvalue weighted by molar-refractivity contribution is 5.78. The molecule has 0 fully saturated rings. The quantitative estimate of drug-likeness (QED) is 0.787. The van der Waals surface area contributed by atoms with E-state index < -0.39 is 12.0 Å². The molecule has 1 atom stereocenters. The van der Waals surface area contributed by atoms with E-state index in [2.05, 4.69) is 5.32 Å². The molecule has 104 valence electrons. The van der Waals surface area contributed by atoms with Gasteiger partial charge in [0.05, 0.1) is 18.6 Å². The molecule has 19 heavy (non-hydrogen) atoms. The summed E-state index contributed by atoms with van der Waals surface area (Å²) < 4.78 is 5.19. The average Bonchev–Trinajstić information content (AvgIpc) is 2.36. The van der Waals surface area contributed by atoms with Gasteiger partial charge in [0.25, 0.3) is 0 Å². The fourth-order valence-corrected chi connectivity index (χ4v) is 1.59. The molecule has 2 N–H and O–H groups in total. The summed E-state index contributed by atoms with van der Waals surface area (Å²) in [6, 6.07) is 8.49. The van der Waals surface area contributed by atoms with Crippen molar-refractivity contribution >= 4 is 11.9 Å². The van der Waals surface area contributed by atoms with E-state index in [-0.39, 0.29) is 25.0 Å². The molecule has 1 unspecified atom stereocenters. The van der Waals surface area contributed by atoms with Gasteiger partial charge in [-0.15, -0.1) is 0 Å². The Balaban J connectivity index is 2.65. The van der Waals surface area contributed by atoms with Crippen LogP contribution in [0.25, 0.3) is 0 Å². The molecule has 0 saturated carbocycles. The maximum Gasteiger partial charge on any atom is 0.305 e. The SMILES string of the molecule is CC(C)OCC(=O)NC(CC(=O)O)c1ccccc1. The van der Waals surface area contributed by atoms with Gasteiger partial charge in [-0.3, -0.25) is 9.59 Å². The Kier molecular flexibility index (Phi) is 6.02. The van der Waals surface area contributed by atoms with Gasteiger partial charge >= 0.3 is 5.97 Å². The van der Waals surface area contributed by atoms with Crippen LogP contribution in [0.15, 0.2) is 30.3 Å². The molecule has 0 heterocycles. The molecule has 0 aliphatic heterocycles. The number of carboxylic acids is 1. The van der Waals surface area contributed by atoms with Crippen LogP contribution in [0, 0.1) is 0 Å². The maximum absolute atomic E-state index is 11.7. The molecular weight excluding hydrogens is 246 g/mol. The number of aliphatic carboxylic acids is 1. The molecule has 0 aliphatic carbocycles. The summed E-state index contributed by atoms with van der Waals surface area (Å²) in [5, 5.41) is 11.6. The molecule has 5 nitrogen and oxygen atoms in total. The predicted octanol–water partition coefficient (Wildman–Crippen LogP) is 1.74. The van der Waals surface area contributed by atoms with E-state index >= 15 is 0 Å². The zero-order chi connectivity index (χ0) is 14.3. The third-order valence-electron chi connectivity index (χ3n) is 2.46. The predicted molar refractivity (Wildman–Crippen MR) is 70.7 cm³/mol. The normalized spacial score (nSPS) is 12.2. The fraction of sp³-hybridized carbons (Fsp3) is 0.429. The van der Waals surface area contributed by atoms with Crippen molar-refractivity contribution < 1.29 is 19.4 Å². The fourth-order valence-electron chi connectivity index (χ4n) is 1.59. The molecule has 1 rings (SSSR count). The second-order valence-corrected chi connectivity index (χ2v) is 4.49. The molecule has 0 bridgehead atoms. The Bertz CT molecular complexity index is 417. The van der Waals surface area contributed by atoms with Gasteiger partial charge in [-0.1, -0.05) is 30.3 Å². The lowest BCUT2D eigenvalue weighted by Crippen LogP contribution is -2.33. The van der Waals surface area contributed by atoms with E-state index in [9.17, 15) is 9.59 Å². The van der Waals surface area contributed by atoms with Crippen LogP contribution in [-0.2, 0) is 14.3 Å². The summed E-state index contributed by atoms with van der Waals surface area (Å²) in [4.78, 5) is 22.5.